The van der Waals surface area contributed by atoms with Crippen LogP contribution in [0, 0.1) is 20.8 Å². The normalized spacial score (nSPS) is 12.7. The Morgan fingerprint density at radius 2 is 2.00 bits per heavy atom. The van der Waals surface area contributed by atoms with Gasteiger partial charge in [-0.05, 0) is 37.5 Å². The van der Waals surface area contributed by atoms with Crippen molar-refractivity contribution in [2.45, 2.75) is 40.3 Å². The lowest BCUT2D eigenvalue weighted by Gasteiger charge is -2.14. The van der Waals surface area contributed by atoms with Crippen LogP contribution in [-0.2, 0) is 6.54 Å². The van der Waals surface area contributed by atoms with E-state index in [0.29, 0.717) is 18.3 Å². The number of hydrogen-bond acceptors (Lipinski definition) is 4. The summed E-state index contributed by atoms with van der Waals surface area (Å²) in [6.45, 7) is 8.80. The molecule has 4 heteroatoms. The monoisotopic (exact) mass is 245 g/mol. The van der Waals surface area contributed by atoms with Crippen LogP contribution in [-0.4, -0.2) is 10.1 Å². The number of aryl methyl sites for hydroxylation is 3. The molecular weight excluding hydrogens is 226 g/mol. The first kappa shape index (κ1) is 12.8. The van der Waals surface area contributed by atoms with Crippen molar-refractivity contribution >= 4 is 0 Å². The SMILES string of the molecule is Cc1nc(CNC(C)c2ccc(C)c(C)c2)no1. The molecule has 0 saturated heterocycles. The summed E-state index contributed by atoms with van der Waals surface area (Å²) in [5.74, 6) is 1.30. The first-order chi connectivity index (χ1) is 8.56. The first-order valence-electron chi connectivity index (χ1n) is 6.16. The number of rotatable bonds is 4. The number of hydrogen-bond donors (Lipinski definition) is 1. The van der Waals surface area contributed by atoms with Gasteiger partial charge in [0.2, 0.25) is 5.89 Å². The molecule has 1 aromatic carbocycles. The number of nitrogens with one attached hydrogen (secondary N) is 1. The summed E-state index contributed by atoms with van der Waals surface area (Å²) in [4.78, 5) is 4.17. The molecule has 96 valence electrons. The second-order valence-corrected chi connectivity index (χ2v) is 4.68. The Labute approximate surface area is 107 Å². The zero-order chi connectivity index (χ0) is 13.1. The molecule has 1 atom stereocenters. The van der Waals surface area contributed by atoms with Gasteiger partial charge in [-0.15, -0.1) is 0 Å². The van der Waals surface area contributed by atoms with E-state index in [1.807, 2.05) is 0 Å². The summed E-state index contributed by atoms with van der Waals surface area (Å²) in [6, 6.07) is 6.79. The van der Waals surface area contributed by atoms with E-state index in [1.54, 1.807) is 6.92 Å². The van der Waals surface area contributed by atoms with Gasteiger partial charge in [0.05, 0.1) is 6.54 Å². The largest absolute Gasteiger partial charge is 0.340 e. The molecule has 0 aliphatic heterocycles. The van der Waals surface area contributed by atoms with E-state index in [4.69, 9.17) is 4.52 Å². The Bertz CT molecular complexity index is 534. The van der Waals surface area contributed by atoms with Gasteiger partial charge in [-0.25, -0.2) is 0 Å². The number of aromatic nitrogens is 2. The zero-order valence-electron chi connectivity index (χ0n) is 11.3. The molecule has 0 fully saturated rings. The van der Waals surface area contributed by atoms with Gasteiger partial charge in [-0.3, -0.25) is 0 Å². The average molecular weight is 245 g/mol. The van der Waals surface area contributed by atoms with E-state index in [0.717, 1.165) is 0 Å². The standard InChI is InChI=1S/C14H19N3O/c1-9-5-6-13(7-10(9)2)11(3)15-8-14-16-12(4)18-17-14/h5-7,11,15H,8H2,1-4H3. The molecule has 2 aromatic rings. The lowest BCUT2D eigenvalue weighted by Crippen LogP contribution is -2.19. The van der Waals surface area contributed by atoms with Crippen LogP contribution >= 0.6 is 0 Å². The third-order valence-electron chi connectivity index (χ3n) is 3.17. The first-order valence-corrected chi connectivity index (χ1v) is 6.16. The zero-order valence-corrected chi connectivity index (χ0v) is 11.3. The Balaban J connectivity index is 1.99. The topological polar surface area (TPSA) is 51.0 Å². The molecule has 0 radical (unpaired) electrons. The predicted molar refractivity (Wildman–Crippen MR) is 70.2 cm³/mol. The maximum Gasteiger partial charge on any atom is 0.223 e. The molecule has 0 spiro atoms. The van der Waals surface area contributed by atoms with Crippen LogP contribution in [0.3, 0.4) is 0 Å². The second-order valence-electron chi connectivity index (χ2n) is 4.68. The van der Waals surface area contributed by atoms with E-state index in [1.165, 1.54) is 16.7 Å². The van der Waals surface area contributed by atoms with Gasteiger partial charge in [0, 0.05) is 13.0 Å². The summed E-state index contributed by atoms with van der Waals surface area (Å²) < 4.78 is 4.94. The minimum Gasteiger partial charge on any atom is -0.340 e. The highest BCUT2D eigenvalue weighted by Gasteiger charge is 2.08. The van der Waals surface area contributed by atoms with E-state index in [-0.39, 0.29) is 6.04 Å². The molecule has 1 aromatic heterocycles. The highest BCUT2D eigenvalue weighted by atomic mass is 16.5. The smallest absolute Gasteiger partial charge is 0.223 e. The van der Waals surface area contributed by atoms with Gasteiger partial charge in [-0.2, -0.15) is 4.98 Å². The van der Waals surface area contributed by atoms with Crippen LogP contribution in [0.15, 0.2) is 22.7 Å². The molecule has 18 heavy (non-hydrogen) atoms. The molecule has 1 unspecified atom stereocenters. The van der Waals surface area contributed by atoms with Crippen LogP contribution in [0.4, 0.5) is 0 Å². The second kappa shape index (κ2) is 5.31. The van der Waals surface area contributed by atoms with E-state index in [9.17, 15) is 0 Å². The fourth-order valence-electron chi connectivity index (χ4n) is 1.81. The van der Waals surface area contributed by atoms with Gasteiger partial charge < -0.3 is 9.84 Å². The lowest BCUT2D eigenvalue weighted by atomic mass is 10.0. The van der Waals surface area contributed by atoms with Gasteiger partial charge in [0.25, 0.3) is 0 Å². The van der Waals surface area contributed by atoms with Gasteiger partial charge in [0.15, 0.2) is 5.82 Å². The average Bonchev–Trinajstić information content (AvgIpc) is 2.75. The molecule has 2 rings (SSSR count). The van der Waals surface area contributed by atoms with Crippen LogP contribution in [0.5, 0.6) is 0 Å². The Morgan fingerprint density at radius 3 is 2.61 bits per heavy atom. The summed E-state index contributed by atoms with van der Waals surface area (Å²) in [5.41, 5.74) is 3.91. The van der Waals surface area contributed by atoms with Crippen molar-refractivity contribution < 1.29 is 4.52 Å². The highest BCUT2D eigenvalue weighted by Crippen LogP contribution is 2.16. The summed E-state index contributed by atoms with van der Waals surface area (Å²) in [7, 11) is 0. The van der Waals surface area contributed by atoms with Gasteiger partial charge >= 0.3 is 0 Å². The Kier molecular flexibility index (Phi) is 3.77. The van der Waals surface area contributed by atoms with Crippen molar-refractivity contribution in [1.82, 2.24) is 15.5 Å². The third-order valence-corrected chi connectivity index (χ3v) is 3.17. The Hall–Kier alpha value is -1.68. The molecule has 0 bridgehead atoms. The van der Waals surface area contributed by atoms with Gasteiger partial charge in [0.1, 0.15) is 0 Å². The minimum absolute atomic E-state index is 0.267. The van der Waals surface area contributed by atoms with Crippen LogP contribution < -0.4 is 5.32 Å². The highest BCUT2D eigenvalue weighted by molar-refractivity contribution is 5.31. The van der Waals surface area contributed by atoms with E-state index < -0.39 is 0 Å². The summed E-state index contributed by atoms with van der Waals surface area (Å²) in [5, 5.41) is 7.25. The van der Waals surface area contributed by atoms with Crippen molar-refractivity contribution in [3.8, 4) is 0 Å². The molecule has 0 aliphatic rings. The summed E-state index contributed by atoms with van der Waals surface area (Å²) in [6.07, 6.45) is 0. The number of benzene rings is 1. The quantitative estimate of drug-likeness (QED) is 0.900. The maximum absolute atomic E-state index is 4.94. The van der Waals surface area contributed by atoms with Crippen molar-refractivity contribution in [2.24, 2.45) is 0 Å². The summed E-state index contributed by atoms with van der Waals surface area (Å²) >= 11 is 0. The molecule has 0 saturated carbocycles. The molecular formula is C14H19N3O. The molecule has 1 heterocycles. The van der Waals surface area contributed by atoms with Crippen molar-refractivity contribution in [3.63, 3.8) is 0 Å². The van der Waals surface area contributed by atoms with E-state index >= 15 is 0 Å². The molecule has 0 amide bonds. The Morgan fingerprint density at radius 1 is 1.22 bits per heavy atom. The fourth-order valence-corrected chi connectivity index (χ4v) is 1.81. The predicted octanol–water partition coefficient (Wildman–Crippen LogP) is 2.85. The minimum atomic E-state index is 0.267. The van der Waals surface area contributed by atoms with Crippen LogP contribution in [0.2, 0.25) is 0 Å². The van der Waals surface area contributed by atoms with Crippen molar-refractivity contribution in [1.29, 1.82) is 0 Å². The third kappa shape index (κ3) is 2.96. The van der Waals surface area contributed by atoms with Crippen LogP contribution in [0.1, 0.15) is 41.4 Å². The molecule has 4 nitrogen and oxygen atoms in total. The molecule has 0 aliphatic carbocycles. The number of nitrogens with zero attached hydrogens (tertiary/aromatic N) is 2. The van der Waals surface area contributed by atoms with Gasteiger partial charge in [-0.1, -0.05) is 23.4 Å². The van der Waals surface area contributed by atoms with Crippen molar-refractivity contribution in [2.75, 3.05) is 0 Å². The van der Waals surface area contributed by atoms with Crippen molar-refractivity contribution in [3.05, 3.63) is 46.6 Å². The van der Waals surface area contributed by atoms with E-state index in [2.05, 4.69) is 54.4 Å². The maximum atomic E-state index is 4.94. The molecule has 1 N–H and O–H groups in total. The fraction of sp³-hybridized carbons (Fsp3) is 0.429. The lowest BCUT2D eigenvalue weighted by molar-refractivity contribution is 0.384. The van der Waals surface area contributed by atoms with Crippen LogP contribution in [0.25, 0.3) is 0 Å².